The van der Waals surface area contributed by atoms with Crippen molar-refractivity contribution >= 4 is 17.4 Å². The number of nitro benzene ring substituents is 1. The molecule has 0 N–H and O–H groups in total. The molecule has 5 heteroatoms. The van der Waals surface area contributed by atoms with E-state index in [9.17, 15) is 10.1 Å². The Morgan fingerprint density at radius 1 is 1.42 bits per heavy atom. The molecule has 104 valence electrons. The minimum absolute atomic E-state index is 0.220. The van der Waals surface area contributed by atoms with Gasteiger partial charge in [-0.05, 0) is 44.4 Å². The third-order valence-electron chi connectivity index (χ3n) is 3.47. The van der Waals surface area contributed by atoms with Crippen LogP contribution >= 0.6 is 11.8 Å². The maximum atomic E-state index is 10.7. The Balaban J connectivity index is 1.76. The van der Waals surface area contributed by atoms with Crippen molar-refractivity contribution in [1.29, 1.82) is 0 Å². The summed E-state index contributed by atoms with van der Waals surface area (Å²) in [5.41, 5.74) is 2.19. The molecule has 1 aromatic rings. The quantitative estimate of drug-likeness (QED) is 0.456. The molecule has 1 fully saturated rings. The summed E-state index contributed by atoms with van der Waals surface area (Å²) in [4.78, 5) is 12.9. The fraction of sp³-hybridized carbons (Fsp3) is 0.571. The lowest BCUT2D eigenvalue weighted by Gasteiger charge is -2.13. The second-order valence-electron chi connectivity index (χ2n) is 4.99. The second kappa shape index (κ2) is 6.91. The molecule has 0 amide bonds. The maximum Gasteiger partial charge on any atom is 0.272 e. The molecule has 0 radical (unpaired) electrons. The lowest BCUT2D eigenvalue weighted by atomic mass is 10.0. The third-order valence-corrected chi connectivity index (χ3v) is 4.49. The molecular weight excluding hydrogens is 260 g/mol. The Labute approximate surface area is 118 Å². The van der Waals surface area contributed by atoms with Crippen LogP contribution in [0.5, 0.6) is 0 Å². The molecule has 0 unspecified atom stereocenters. The van der Waals surface area contributed by atoms with Crippen molar-refractivity contribution in [1.82, 2.24) is 4.90 Å². The summed E-state index contributed by atoms with van der Waals surface area (Å²) >= 11 is 2.00. The van der Waals surface area contributed by atoms with Gasteiger partial charge in [0.05, 0.1) is 4.92 Å². The molecule has 19 heavy (non-hydrogen) atoms. The zero-order chi connectivity index (χ0) is 13.7. The average Bonchev–Trinajstić information content (AvgIpc) is 2.87. The second-order valence-corrected chi connectivity index (χ2v) is 6.07. The summed E-state index contributed by atoms with van der Waals surface area (Å²) in [5.74, 6) is 2.44. The largest absolute Gasteiger partial charge is 0.293 e. The van der Waals surface area contributed by atoms with E-state index in [4.69, 9.17) is 0 Å². The summed E-state index contributed by atoms with van der Waals surface area (Å²) in [6.07, 6.45) is 3.37. The standard InChI is InChI=1S/C14H20N2O2S/c1-12-10-13(5-6-14(12)16(17)18)4-2-3-7-15-8-9-19-11-15/h5-6,10H,2-4,7-9,11H2,1H3. The van der Waals surface area contributed by atoms with Gasteiger partial charge >= 0.3 is 0 Å². The van der Waals surface area contributed by atoms with Crippen molar-refractivity contribution in [3.63, 3.8) is 0 Å². The third kappa shape index (κ3) is 4.21. The van der Waals surface area contributed by atoms with Crippen LogP contribution in [0.1, 0.15) is 24.0 Å². The lowest BCUT2D eigenvalue weighted by Crippen LogP contribution is -2.20. The predicted molar refractivity (Wildman–Crippen MR) is 79.7 cm³/mol. The molecule has 1 saturated heterocycles. The summed E-state index contributed by atoms with van der Waals surface area (Å²) in [5, 5.41) is 10.7. The van der Waals surface area contributed by atoms with Crippen molar-refractivity contribution in [3.05, 3.63) is 39.4 Å². The number of aryl methyl sites for hydroxylation is 2. The molecule has 1 aliphatic rings. The lowest BCUT2D eigenvalue weighted by molar-refractivity contribution is -0.385. The van der Waals surface area contributed by atoms with Crippen LogP contribution in [0.3, 0.4) is 0 Å². The van der Waals surface area contributed by atoms with Gasteiger partial charge in [-0.15, -0.1) is 11.8 Å². The molecule has 0 saturated carbocycles. The molecule has 2 rings (SSSR count). The number of nitrogens with zero attached hydrogens (tertiary/aromatic N) is 2. The first kappa shape index (κ1) is 14.3. The minimum atomic E-state index is -0.315. The van der Waals surface area contributed by atoms with Gasteiger partial charge in [0.15, 0.2) is 0 Å². The van der Waals surface area contributed by atoms with Crippen molar-refractivity contribution in [2.45, 2.75) is 26.2 Å². The van der Waals surface area contributed by atoms with E-state index in [0.717, 1.165) is 18.4 Å². The van der Waals surface area contributed by atoms with Crippen molar-refractivity contribution in [3.8, 4) is 0 Å². The summed E-state index contributed by atoms with van der Waals surface area (Å²) in [6.45, 7) is 4.21. The van der Waals surface area contributed by atoms with E-state index in [0.29, 0.717) is 0 Å². The minimum Gasteiger partial charge on any atom is -0.293 e. The molecule has 1 aliphatic heterocycles. The van der Waals surface area contributed by atoms with Crippen LogP contribution in [-0.2, 0) is 6.42 Å². The molecular formula is C14H20N2O2S. The first-order valence-corrected chi connectivity index (χ1v) is 7.86. The van der Waals surface area contributed by atoms with Crippen molar-refractivity contribution in [2.75, 3.05) is 24.7 Å². The SMILES string of the molecule is Cc1cc(CCCCN2CCSC2)ccc1[N+](=O)[O-]. The van der Waals surface area contributed by atoms with Gasteiger partial charge in [0.25, 0.3) is 5.69 Å². The Morgan fingerprint density at radius 2 is 2.26 bits per heavy atom. The van der Waals surface area contributed by atoms with Gasteiger partial charge < -0.3 is 0 Å². The maximum absolute atomic E-state index is 10.7. The Kier molecular flexibility index (Phi) is 5.22. The van der Waals surface area contributed by atoms with Gasteiger partial charge in [0.1, 0.15) is 0 Å². The highest BCUT2D eigenvalue weighted by Crippen LogP contribution is 2.20. The number of unbranched alkanes of at least 4 members (excludes halogenated alkanes) is 1. The summed E-state index contributed by atoms with van der Waals surface area (Å²) in [6, 6.07) is 5.46. The van der Waals surface area contributed by atoms with Gasteiger partial charge in [-0.2, -0.15) is 0 Å². The summed E-state index contributed by atoms with van der Waals surface area (Å²) in [7, 11) is 0. The first-order chi connectivity index (χ1) is 9.16. The normalized spacial score (nSPS) is 15.8. The van der Waals surface area contributed by atoms with Gasteiger partial charge in [0, 0.05) is 29.8 Å². The number of benzene rings is 1. The van der Waals surface area contributed by atoms with Crippen LogP contribution in [-0.4, -0.2) is 34.5 Å². The smallest absolute Gasteiger partial charge is 0.272 e. The highest BCUT2D eigenvalue weighted by atomic mass is 32.2. The molecule has 0 aliphatic carbocycles. The zero-order valence-corrected chi connectivity index (χ0v) is 12.1. The Bertz CT molecular complexity index is 445. The van der Waals surface area contributed by atoms with Gasteiger partial charge in [-0.3, -0.25) is 15.0 Å². The van der Waals surface area contributed by atoms with E-state index < -0.39 is 0 Å². The number of hydrogen-bond donors (Lipinski definition) is 0. The van der Waals surface area contributed by atoms with Crippen LogP contribution in [0.15, 0.2) is 18.2 Å². The van der Waals surface area contributed by atoms with E-state index in [1.54, 1.807) is 6.07 Å². The van der Waals surface area contributed by atoms with Crippen LogP contribution in [0, 0.1) is 17.0 Å². The molecule has 0 atom stereocenters. The number of hydrogen-bond acceptors (Lipinski definition) is 4. The molecule has 4 nitrogen and oxygen atoms in total. The fourth-order valence-corrected chi connectivity index (χ4v) is 3.40. The zero-order valence-electron chi connectivity index (χ0n) is 11.3. The van der Waals surface area contributed by atoms with Crippen molar-refractivity contribution < 1.29 is 4.92 Å². The van der Waals surface area contributed by atoms with Gasteiger partial charge in [-0.1, -0.05) is 6.07 Å². The van der Waals surface area contributed by atoms with Crippen LogP contribution in [0.4, 0.5) is 5.69 Å². The average molecular weight is 280 g/mol. The van der Waals surface area contributed by atoms with Crippen LogP contribution in [0.25, 0.3) is 0 Å². The first-order valence-electron chi connectivity index (χ1n) is 6.71. The van der Waals surface area contributed by atoms with E-state index >= 15 is 0 Å². The molecule has 1 aromatic carbocycles. The van der Waals surface area contributed by atoms with Gasteiger partial charge in [0.2, 0.25) is 0 Å². The fourth-order valence-electron chi connectivity index (χ4n) is 2.37. The Hall–Kier alpha value is -1.07. The number of rotatable bonds is 6. The molecule has 0 aromatic heterocycles. The number of nitro groups is 1. The van der Waals surface area contributed by atoms with Crippen LogP contribution in [0.2, 0.25) is 0 Å². The van der Waals surface area contributed by atoms with E-state index in [1.165, 1.54) is 36.7 Å². The predicted octanol–water partition coefficient (Wildman–Crippen LogP) is 3.23. The molecule has 0 spiro atoms. The summed E-state index contributed by atoms with van der Waals surface area (Å²) < 4.78 is 0. The van der Waals surface area contributed by atoms with Crippen molar-refractivity contribution in [2.24, 2.45) is 0 Å². The molecule has 0 bridgehead atoms. The van der Waals surface area contributed by atoms with E-state index in [-0.39, 0.29) is 10.6 Å². The highest BCUT2D eigenvalue weighted by molar-refractivity contribution is 7.99. The Morgan fingerprint density at radius 3 is 2.89 bits per heavy atom. The van der Waals surface area contributed by atoms with E-state index in [1.807, 2.05) is 30.8 Å². The molecule has 1 heterocycles. The highest BCUT2D eigenvalue weighted by Gasteiger charge is 2.12. The topological polar surface area (TPSA) is 46.4 Å². The van der Waals surface area contributed by atoms with Gasteiger partial charge in [-0.25, -0.2) is 0 Å². The number of thioether (sulfide) groups is 1. The van der Waals surface area contributed by atoms with Crippen LogP contribution < -0.4 is 0 Å². The monoisotopic (exact) mass is 280 g/mol. The van der Waals surface area contributed by atoms with E-state index in [2.05, 4.69) is 4.90 Å².